The summed E-state index contributed by atoms with van der Waals surface area (Å²) in [5, 5.41) is 8.12. The minimum Gasteiger partial charge on any atom is -0.384 e. The lowest BCUT2D eigenvalue weighted by Gasteiger charge is -2.12. The van der Waals surface area contributed by atoms with Gasteiger partial charge in [-0.15, -0.1) is 0 Å². The molecule has 2 heterocycles. The number of amides is 1. The molecule has 5 N–H and O–H groups in total. The fourth-order valence-electron chi connectivity index (χ4n) is 3.33. The number of aromatic nitrogens is 3. The first-order chi connectivity index (χ1) is 14.7. The van der Waals surface area contributed by atoms with Crippen molar-refractivity contribution >= 4 is 43.9 Å². The number of carbonyl (C=O) groups is 1. The molecule has 160 valence electrons. The third kappa shape index (κ3) is 3.71. The van der Waals surface area contributed by atoms with Crippen LogP contribution in [0.15, 0.2) is 53.4 Å². The summed E-state index contributed by atoms with van der Waals surface area (Å²) >= 11 is 0. The second-order valence-corrected chi connectivity index (χ2v) is 8.86. The predicted molar refractivity (Wildman–Crippen MR) is 119 cm³/mol. The number of nitrogen functional groups attached to an aromatic ring is 1. The number of anilines is 1. The number of primary sulfonamides is 1. The third-order valence-electron chi connectivity index (χ3n) is 5.14. The number of carbonyl (C=O) groups excluding carboxylic acids is 1. The van der Waals surface area contributed by atoms with E-state index >= 15 is 0 Å². The van der Waals surface area contributed by atoms with E-state index < -0.39 is 10.0 Å². The van der Waals surface area contributed by atoms with E-state index in [1.807, 2.05) is 38.1 Å². The average molecular weight is 439 g/mol. The Bertz CT molecular complexity index is 1410. The van der Waals surface area contributed by atoms with Gasteiger partial charge in [0.25, 0.3) is 5.91 Å². The quantitative estimate of drug-likeness (QED) is 0.436. The van der Waals surface area contributed by atoms with Gasteiger partial charge in [-0.25, -0.2) is 23.5 Å². The molecule has 0 aliphatic heterocycles. The van der Waals surface area contributed by atoms with Gasteiger partial charge in [-0.2, -0.15) is 0 Å². The van der Waals surface area contributed by atoms with E-state index in [-0.39, 0.29) is 28.2 Å². The second-order valence-electron chi connectivity index (χ2n) is 7.30. The normalized spacial score (nSPS) is 12.9. The zero-order valence-electron chi connectivity index (χ0n) is 17.0. The first-order valence-electron chi connectivity index (χ1n) is 9.71. The fraction of sp³-hybridized carbons (Fsp3) is 0.190. The van der Waals surface area contributed by atoms with Gasteiger partial charge in [0.05, 0.1) is 15.9 Å². The van der Waals surface area contributed by atoms with Gasteiger partial charge in [-0.3, -0.25) is 9.36 Å². The number of hydrogen-bond acceptors (Lipinski definition) is 6. The highest BCUT2D eigenvalue weighted by Crippen LogP contribution is 2.31. The van der Waals surface area contributed by atoms with Crippen molar-refractivity contribution in [1.29, 1.82) is 0 Å². The number of nitrogens with two attached hydrogens (primary N) is 2. The molecule has 0 saturated heterocycles. The molecular formula is C21H22N6O3S. The molecule has 9 nitrogen and oxygen atoms in total. The standard InChI is InChI=1S/C21H22N6O3S/c1-3-12(2)24-21(28)17-18-20(26-16-7-5-4-6-15(16)25-18)27(19(17)22)13-8-10-14(11-9-13)31(23,29)30/h4-12H,3,22H2,1-2H3,(H,24,28)(H2,23,29,30)/t12-/m0/s1. The molecule has 4 rings (SSSR count). The van der Waals surface area contributed by atoms with Crippen LogP contribution in [-0.2, 0) is 10.0 Å². The van der Waals surface area contributed by atoms with Crippen molar-refractivity contribution in [2.24, 2.45) is 5.14 Å². The number of sulfonamides is 1. The Balaban J connectivity index is 1.99. The topological polar surface area (TPSA) is 146 Å². The Kier molecular flexibility index (Phi) is 5.11. The lowest BCUT2D eigenvalue weighted by Crippen LogP contribution is -2.32. The second kappa shape index (κ2) is 7.64. The fourth-order valence-corrected chi connectivity index (χ4v) is 3.85. The van der Waals surface area contributed by atoms with Crippen molar-refractivity contribution < 1.29 is 13.2 Å². The molecule has 10 heteroatoms. The lowest BCUT2D eigenvalue weighted by molar-refractivity contribution is 0.0941. The van der Waals surface area contributed by atoms with Crippen molar-refractivity contribution in [3.8, 4) is 5.69 Å². The molecule has 0 radical (unpaired) electrons. The molecule has 4 aromatic rings. The molecule has 2 aromatic carbocycles. The van der Waals surface area contributed by atoms with Crippen LogP contribution >= 0.6 is 0 Å². The van der Waals surface area contributed by atoms with Crippen LogP contribution in [0.4, 0.5) is 5.82 Å². The number of hydrogen-bond donors (Lipinski definition) is 3. The Morgan fingerprint density at radius 1 is 1.10 bits per heavy atom. The molecule has 0 unspecified atom stereocenters. The summed E-state index contributed by atoms with van der Waals surface area (Å²) in [6, 6.07) is 13.1. The lowest BCUT2D eigenvalue weighted by atomic mass is 10.2. The maximum absolute atomic E-state index is 13.0. The molecule has 1 atom stereocenters. The van der Waals surface area contributed by atoms with Crippen molar-refractivity contribution in [2.75, 3.05) is 5.73 Å². The molecule has 0 saturated carbocycles. The minimum atomic E-state index is -3.84. The molecule has 1 amide bonds. The van der Waals surface area contributed by atoms with E-state index in [1.54, 1.807) is 16.7 Å². The maximum Gasteiger partial charge on any atom is 0.257 e. The highest BCUT2D eigenvalue weighted by molar-refractivity contribution is 7.89. The zero-order chi connectivity index (χ0) is 22.3. The van der Waals surface area contributed by atoms with Gasteiger partial charge in [0.2, 0.25) is 10.0 Å². The number of fused-ring (bicyclic) bond motifs is 2. The van der Waals surface area contributed by atoms with Crippen LogP contribution in [0.2, 0.25) is 0 Å². The molecule has 0 fully saturated rings. The van der Waals surface area contributed by atoms with Crippen LogP contribution in [-0.4, -0.2) is 34.9 Å². The largest absolute Gasteiger partial charge is 0.384 e. The molecule has 0 aliphatic rings. The highest BCUT2D eigenvalue weighted by Gasteiger charge is 2.25. The molecule has 0 bridgehead atoms. The van der Waals surface area contributed by atoms with Crippen molar-refractivity contribution in [3.63, 3.8) is 0 Å². The van der Waals surface area contributed by atoms with Crippen LogP contribution in [0.1, 0.15) is 30.6 Å². The van der Waals surface area contributed by atoms with Crippen LogP contribution in [0, 0.1) is 0 Å². The molecule has 31 heavy (non-hydrogen) atoms. The molecule has 0 spiro atoms. The summed E-state index contributed by atoms with van der Waals surface area (Å²) in [6.07, 6.45) is 0.758. The monoisotopic (exact) mass is 438 g/mol. The van der Waals surface area contributed by atoms with Gasteiger partial charge in [-0.05, 0) is 49.7 Å². The molecule has 0 aliphatic carbocycles. The van der Waals surface area contributed by atoms with Crippen LogP contribution < -0.4 is 16.2 Å². The maximum atomic E-state index is 13.0. The van der Waals surface area contributed by atoms with Gasteiger partial charge >= 0.3 is 0 Å². The predicted octanol–water partition coefficient (Wildman–Crippen LogP) is 2.33. The van der Waals surface area contributed by atoms with E-state index in [4.69, 9.17) is 10.9 Å². The number of rotatable bonds is 5. The summed E-state index contributed by atoms with van der Waals surface area (Å²) in [6.45, 7) is 3.87. The number of para-hydroxylation sites is 2. The van der Waals surface area contributed by atoms with E-state index in [0.29, 0.717) is 27.9 Å². The number of nitrogens with zero attached hydrogens (tertiary/aromatic N) is 3. The Morgan fingerprint density at radius 3 is 2.29 bits per heavy atom. The van der Waals surface area contributed by atoms with E-state index in [0.717, 1.165) is 6.42 Å². The zero-order valence-corrected chi connectivity index (χ0v) is 17.8. The van der Waals surface area contributed by atoms with Gasteiger partial charge in [0.1, 0.15) is 16.9 Å². The summed E-state index contributed by atoms with van der Waals surface area (Å²) in [7, 11) is -3.84. The number of nitrogens with one attached hydrogen (secondary N) is 1. The summed E-state index contributed by atoms with van der Waals surface area (Å²) < 4.78 is 24.8. The van der Waals surface area contributed by atoms with Crippen molar-refractivity contribution in [2.45, 2.75) is 31.2 Å². The highest BCUT2D eigenvalue weighted by atomic mass is 32.2. The van der Waals surface area contributed by atoms with Gasteiger partial charge < -0.3 is 11.1 Å². The molecule has 2 aromatic heterocycles. The van der Waals surface area contributed by atoms with E-state index in [1.165, 1.54) is 12.1 Å². The third-order valence-corrected chi connectivity index (χ3v) is 6.07. The average Bonchev–Trinajstić information content (AvgIpc) is 3.02. The minimum absolute atomic E-state index is 0.0300. The van der Waals surface area contributed by atoms with Gasteiger partial charge in [-0.1, -0.05) is 19.1 Å². The Labute approximate surface area is 179 Å². The van der Waals surface area contributed by atoms with Crippen LogP contribution in [0.3, 0.4) is 0 Å². The summed E-state index contributed by atoms with van der Waals surface area (Å²) in [4.78, 5) is 22.4. The summed E-state index contributed by atoms with van der Waals surface area (Å²) in [5.74, 6) is -0.184. The first-order valence-corrected chi connectivity index (χ1v) is 11.3. The smallest absolute Gasteiger partial charge is 0.257 e. The number of benzene rings is 2. The van der Waals surface area contributed by atoms with Gasteiger partial charge in [0, 0.05) is 11.7 Å². The van der Waals surface area contributed by atoms with Crippen molar-refractivity contribution in [1.82, 2.24) is 19.9 Å². The van der Waals surface area contributed by atoms with Crippen molar-refractivity contribution in [3.05, 3.63) is 54.1 Å². The van der Waals surface area contributed by atoms with E-state index in [2.05, 4.69) is 15.3 Å². The Hall–Kier alpha value is -3.50. The van der Waals surface area contributed by atoms with E-state index in [9.17, 15) is 13.2 Å². The summed E-state index contributed by atoms with van der Waals surface area (Å²) in [5.41, 5.74) is 9.23. The Morgan fingerprint density at radius 2 is 1.71 bits per heavy atom. The molecular weight excluding hydrogens is 416 g/mol. The first kappa shape index (κ1) is 20.8. The van der Waals surface area contributed by atoms with Crippen LogP contribution in [0.5, 0.6) is 0 Å². The van der Waals surface area contributed by atoms with Gasteiger partial charge in [0.15, 0.2) is 5.65 Å². The van der Waals surface area contributed by atoms with Crippen LogP contribution in [0.25, 0.3) is 27.9 Å². The SMILES string of the molecule is CC[C@H](C)NC(=O)c1c(N)n(-c2ccc(S(N)(=O)=O)cc2)c2nc3ccccc3nc12.